The second-order valence-corrected chi connectivity index (χ2v) is 4.85. The maximum absolute atomic E-state index is 4.17. The minimum absolute atomic E-state index is 0.759. The SMILES string of the molecule is CC(C)CNCCCCCc1ccnn1C. The fourth-order valence-corrected chi connectivity index (χ4v) is 1.77. The lowest BCUT2D eigenvalue weighted by Gasteiger charge is -2.07. The van der Waals surface area contributed by atoms with Gasteiger partial charge in [0.05, 0.1) is 0 Å². The third-order valence-corrected chi connectivity index (χ3v) is 2.76. The maximum atomic E-state index is 4.17. The quantitative estimate of drug-likeness (QED) is 0.686. The predicted octanol–water partition coefficient (Wildman–Crippen LogP) is 2.38. The van der Waals surface area contributed by atoms with Gasteiger partial charge in [0, 0.05) is 18.9 Å². The second kappa shape index (κ2) is 7.44. The van der Waals surface area contributed by atoms with Crippen molar-refractivity contribution in [3.8, 4) is 0 Å². The topological polar surface area (TPSA) is 29.9 Å². The van der Waals surface area contributed by atoms with E-state index in [0.717, 1.165) is 25.4 Å². The van der Waals surface area contributed by atoms with Gasteiger partial charge >= 0.3 is 0 Å². The maximum Gasteiger partial charge on any atom is 0.0492 e. The molecule has 0 fully saturated rings. The molecule has 0 atom stereocenters. The number of nitrogens with one attached hydrogen (secondary N) is 1. The number of unbranched alkanes of at least 4 members (excludes halogenated alkanes) is 2. The minimum atomic E-state index is 0.759. The molecule has 0 aliphatic rings. The van der Waals surface area contributed by atoms with Crippen LogP contribution < -0.4 is 5.32 Å². The minimum Gasteiger partial charge on any atom is -0.316 e. The molecule has 0 spiro atoms. The molecule has 1 heterocycles. The fraction of sp³-hybridized carbons (Fsp3) is 0.769. The van der Waals surface area contributed by atoms with E-state index in [0.29, 0.717) is 0 Å². The van der Waals surface area contributed by atoms with Crippen LogP contribution in [0.15, 0.2) is 12.3 Å². The highest BCUT2D eigenvalue weighted by molar-refractivity contribution is 4.99. The van der Waals surface area contributed by atoms with Crippen LogP contribution in [0.1, 0.15) is 38.8 Å². The predicted molar refractivity (Wildman–Crippen MR) is 68.5 cm³/mol. The number of aryl methyl sites for hydroxylation is 2. The number of nitrogens with zero attached hydrogens (tertiary/aromatic N) is 2. The van der Waals surface area contributed by atoms with Crippen LogP contribution in [-0.4, -0.2) is 22.9 Å². The Morgan fingerprint density at radius 3 is 2.75 bits per heavy atom. The van der Waals surface area contributed by atoms with Crippen LogP contribution in [0.4, 0.5) is 0 Å². The van der Waals surface area contributed by atoms with Crippen molar-refractivity contribution in [2.24, 2.45) is 13.0 Å². The summed E-state index contributed by atoms with van der Waals surface area (Å²) in [7, 11) is 2.01. The normalized spacial score (nSPS) is 11.2. The van der Waals surface area contributed by atoms with Crippen molar-refractivity contribution >= 4 is 0 Å². The summed E-state index contributed by atoms with van der Waals surface area (Å²) in [6.45, 7) is 6.79. The van der Waals surface area contributed by atoms with Crippen LogP contribution in [0.3, 0.4) is 0 Å². The molecule has 3 heteroatoms. The fourth-order valence-electron chi connectivity index (χ4n) is 1.77. The summed E-state index contributed by atoms with van der Waals surface area (Å²) in [4.78, 5) is 0. The van der Waals surface area contributed by atoms with Crippen molar-refractivity contribution in [3.63, 3.8) is 0 Å². The summed E-state index contributed by atoms with van der Waals surface area (Å²) in [5, 5.41) is 7.64. The standard InChI is InChI=1S/C13H25N3/c1-12(2)11-14-9-6-4-5-7-13-8-10-15-16(13)3/h8,10,12,14H,4-7,9,11H2,1-3H3. The van der Waals surface area contributed by atoms with Crippen molar-refractivity contribution in [3.05, 3.63) is 18.0 Å². The molecule has 1 aromatic heterocycles. The van der Waals surface area contributed by atoms with Gasteiger partial charge < -0.3 is 5.32 Å². The van der Waals surface area contributed by atoms with E-state index in [1.54, 1.807) is 0 Å². The number of hydrogen-bond acceptors (Lipinski definition) is 2. The van der Waals surface area contributed by atoms with Gasteiger partial charge in [-0.25, -0.2) is 0 Å². The van der Waals surface area contributed by atoms with Gasteiger partial charge in [0.1, 0.15) is 0 Å². The molecule has 0 radical (unpaired) electrons. The lowest BCUT2D eigenvalue weighted by molar-refractivity contribution is 0.528. The zero-order chi connectivity index (χ0) is 11.8. The molecule has 1 aromatic rings. The van der Waals surface area contributed by atoms with E-state index in [1.165, 1.54) is 25.0 Å². The first kappa shape index (κ1) is 13.2. The van der Waals surface area contributed by atoms with E-state index in [-0.39, 0.29) is 0 Å². The second-order valence-electron chi connectivity index (χ2n) is 4.85. The van der Waals surface area contributed by atoms with E-state index >= 15 is 0 Å². The van der Waals surface area contributed by atoms with E-state index in [1.807, 2.05) is 17.9 Å². The summed E-state index contributed by atoms with van der Waals surface area (Å²) in [6, 6.07) is 2.11. The third-order valence-electron chi connectivity index (χ3n) is 2.76. The Hall–Kier alpha value is -0.830. The Morgan fingerprint density at radius 1 is 1.31 bits per heavy atom. The van der Waals surface area contributed by atoms with E-state index < -0.39 is 0 Å². The molecule has 3 nitrogen and oxygen atoms in total. The van der Waals surface area contributed by atoms with Gasteiger partial charge in [0.15, 0.2) is 0 Å². The zero-order valence-electron chi connectivity index (χ0n) is 10.9. The van der Waals surface area contributed by atoms with Gasteiger partial charge in [-0.05, 0) is 44.3 Å². The molecule has 1 N–H and O–H groups in total. The van der Waals surface area contributed by atoms with Gasteiger partial charge in [0.25, 0.3) is 0 Å². The summed E-state index contributed by atoms with van der Waals surface area (Å²) in [5.74, 6) is 0.759. The van der Waals surface area contributed by atoms with Crippen molar-refractivity contribution in [1.29, 1.82) is 0 Å². The Morgan fingerprint density at radius 2 is 2.12 bits per heavy atom. The highest BCUT2D eigenvalue weighted by Gasteiger charge is 1.98. The summed E-state index contributed by atoms with van der Waals surface area (Å²) in [6.07, 6.45) is 6.88. The average molecular weight is 223 g/mol. The molecule has 0 aliphatic carbocycles. The smallest absolute Gasteiger partial charge is 0.0492 e. The molecule has 16 heavy (non-hydrogen) atoms. The van der Waals surface area contributed by atoms with Crippen molar-refractivity contribution < 1.29 is 0 Å². The van der Waals surface area contributed by atoms with E-state index in [2.05, 4.69) is 30.3 Å². The third kappa shape index (κ3) is 5.31. The molecule has 92 valence electrons. The highest BCUT2D eigenvalue weighted by atomic mass is 15.2. The lowest BCUT2D eigenvalue weighted by atomic mass is 10.1. The summed E-state index contributed by atoms with van der Waals surface area (Å²) in [5.41, 5.74) is 1.34. The highest BCUT2D eigenvalue weighted by Crippen LogP contribution is 2.04. The molecule has 0 saturated carbocycles. The van der Waals surface area contributed by atoms with Crippen molar-refractivity contribution in [2.75, 3.05) is 13.1 Å². The van der Waals surface area contributed by atoms with Crippen molar-refractivity contribution in [2.45, 2.75) is 39.5 Å². The number of rotatable bonds is 8. The van der Waals surface area contributed by atoms with Crippen LogP contribution in [0, 0.1) is 5.92 Å². The molecule has 0 bridgehead atoms. The molecule has 0 amide bonds. The van der Waals surface area contributed by atoms with E-state index in [4.69, 9.17) is 0 Å². The molecule has 1 rings (SSSR count). The summed E-state index contributed by atoms with van der Waals surface area (Å²) >= 11 is 0. The Labute approximate surface area is 99.2 Å². The molecule has 0 aromatic carbocycles. The molecule has 0 aliphatic heterocycles. The van der Waals surface area contributed by atoms with Gasteiger partial charge in [-0.1, -0.05) is 20.3 Å². The number of aromatic nitrogens is 2. The van der Waals surface area contributed by atoms with Gasteiger partial charge in [-0.3, -0.25) is 4.68 Å². The monoisotopic (exact) mass is 223 g/mol. The molecular formula is C13H25N3. The first-order valence-corrected chi connectivity index (χ1v) is 6.37. The molecule has 0 unspecified atom stereocenters. The lowest BCUT2D eigenvalue weighted by Crippen LogP contribution is -2.20. The largest absolute Gasteiger partial charge is 0.316 e. The number of hydrogen-bond donors (Lipinski definition) is 1. The molecular weight excluding hydrogens is 198 g/mol. The first-order chi connectivity index (χ1) is 7.70. The van der Waals surface area contributed by atoms with Gasteiger partial charge in [-0.2, -0.15) is 5.10 Å². The van der Waals surface area contributed by atoms with Crippen LogP contribution in [0.25, 0.3) is 0 Å². The van der Waals surface area contributed by atoms with Crippen LogP contribution in [0.5, 0.6) is 0 Å². The van der Waals surface area contributed by atoms with Crippen LogP contribution in [0.2, 0.25) is 0 Å². The Bertz CT molecular complexity index is 278. The zero-order valence-corrected chi connectivity index (χ0v) is 10.9. The molecule has 0 saturated heterocycles. The van der Waals surface area contributed by atoms with Crippen molar-refractivity contribution in [1.82, 2.24) is 15.1 Å². The van der Waals surface area contributed by atoms with Crippen LogP contribution >= 0.6 is 0 Å². The van der Waals surface area contributed by atoms with Gasteiger partial charge in [0.2, 0.25) is 0 Å². The Balaban J connectivity index is 1.94. The Kier molecular flexibility index (Phi) is 6.16. The van der Waals surface area contributed by atoms with E-state index in [9.17, 15) is 0 Å². The van der Waals surface area contributed by atoms with Crippen LogP contribution in [-0.2, 0) is 13.5 Å². The van der Waals surface area contributed by atoms with Gasteiger partial charge in [-0.15, -0.1) is 0 Å². The summed E-state index contributed by atoms with van der Waals surface area (Å²) < 4.78 is 1.97. The first-order valence-electron chi connectivity index (χ1n) is 6.37. The average Bonchev–Trinajstić information content (AvgIpc) is 2.62.